The van der Waals surface area contributed by atoms with Gasteiger partial charge in [0.2, 0.25) is 0 Å². The Kier molecular flexibility index (Phi) is 5.02. The minimum Gasteiger partial charge on any atom is -0.340 e. The lowest BCUT2D eigenvalue weighted by molar-refractivity contribution is 0.495. The van der Waals surface area contributed by atoms with Gasteiger partial charge in [0.1, 0.15) is 12.1 Å². The van der Waals surface area contributed by atoms with Crippen molar-refractivity contribution in [2.24, 2.45) is 0 Å². The molecule has 1 aromatic heterocycles. The lowest BCUT2D eigenvalue weighted by atomic mass is 10.2. The Morgan fingerprint density at radius 1 is 1.20 bits per heavy atom. The van der Waals surface area contributed by atoms with Gasteiger partial charge in [-0.2, -0.15) is 0 Å². The van der Waals surface area contributed by atoms with Crippen LogP contribution in [0.5, 0.6) is 0 Å². The number of nitrogens with zero attached hydrogens (tertiary/aromatic N) is 2. The number of anilines is 3. The molecule has 3 N–H and O–H groups in total. The molecule has 1 heterocycles. The molecule has 1 atom stereocenters. The van der Waals surface area contributed by atoms with E-state index in [1.54, 1.807) is 18.2 Å². The van der Waals surface area contributed by atoms with Crippen LogP contribution >= 0.6 is 23.4 Å². The van der Waals surface area contributed by atoms with Crippen molar-refractivity contribution in [2.45, 2.75) is 0 Å². The summed E-state index contributed by atoms with van der Waals surface area (Å²) in [6, 6.07) is 12.8. The smallest absolute Gasteiger partial charge is 0.321 e. The molecule has 8 heteroatoms. The second-order valence-corrected chi connectivity index (χ2v) is 7.80. The van der Waals surface area contributed by atoms with E-state index < -0.39 is 7.52 Å². The van der Waals surface area contributed by atoms with Crippen LogP contribution in [0.2, 0.25) is 0 Å². The van der Waals surface area contributed by atoms with Gasteiger partial charge in [0, 0.05) is 21.2 Å². The molecular weight excluding hydrogens is 403 g/mol. The first-order valence-corrected chi connectivity index (χ1v) is 9.74. The Bertz CT molecular complexity index is 1030. The lowest BCUT2D eigenvalue weighted by Gasteiger charge is -2.12. The van der Waals surface area contributed by atoms with Crippen LogP contribution in [0.15, 0.2) is 71.4 Å². The van der Waals surface area contributed by atoms with Crippen LogP contribution in [0.25, 0.3) is 10.9 Å². The summed E-state index contributed by atoms with van der Waals surface area (Å²) in [7, 11) is -3.70. The van der Waals surface area contributed by atoms with Gasteiger partial charge >= 0.3 is 7.52 Å². The Labute approximate surface area is 153 Å². The van der Waals surface area contributed by atoms with Gasteiger partial charge < -0.3 is 15.3 Å². The molecule has 3 rings (SSSR count). The molecule has 0 fully saturated rings. The summed E-state index contributed by atoms with van der Waals surface area (Å²) in [6.07, 6.45) is 1.47. The van der Waals surface area contributed by atoms with E-state index in [-0.39, 0.29) is 0 Å². The second-order valence-electron chi connectivity index (χ2n) is 5.16. The molecule has 0 saturated heterocycles. The van der Waals surface area contributed by atoms with E-state index in [1.165, 1.54) is 6.33 Å². The van der Waals surface area contributed by atoms with Gasteiger partial charge in [-0.3, -0.25) is 4.57 Å². The Hall–Kier alpha value is -2.43. The Balaban J connectivity index is 2.00. The highest BCUT2D eigenvalue weighted by Gasteiger charge is 2.14. The molecule has 0 saturated carbocycles. The maximum absolute atomic E-state index is 12.0. The summed E-state index contributed by atoms with van der Waals surface area (Å²) in [5, 5.41) is 6.52. The molecule has 2 aromatic carbocycles. The van der Waals surface area contributed by atoms with E-state index in [1.807, 2.05) is 24.3 Å². The fourth-order valence-electron chi connectivity index (χ4n) is 2.27. The summed E-state index contributed by atoms with van der Waals surface area (Å²) < 4.78 is 12.9. The van der Waals surface area contributed by atoms with Crippen LogP contribution < -0.4 is 10.4 Å². The average Bonchev–Trinajstić information content (AvgIpc) is 2.55. The number of fused-ring (bicyclic) bond motifs is 1. The molecule has 0 aliphatic carbocycles. The van der Waals surface area contributed by atoms with E-state index in [9.17, 15) is 9.46 Å². The van der Waals surface area contributed by atoms with E-state index >= 15 is 0 Å². The van der Waals surface area contributed by atoms with Crippen LogP contribution in [-0.4, -0.2) is 14.9 Å². The zero-order chi connectivity index (χ0) is 17.9. The number of benzene rings is 2. The predicted octanol–water partition coefficient (Wildman–Crippen LogP) is 5.03. The maximum Gasteiger partial charge on any atom is 0.321 e. The van der Waals surface area contributed by atoms with Crippen molar-refractivity contribution in [3.05, 3.63) is 71.4 Å². The van der Waals surface area contributed by atoms with Gasteiger partial charge in [-0.05, 0) is 36.4 Å². The first-order valence-electron chi connectivity index (χ1n) is 7.22. The van der Waals surface area contributed by atoms with Crippen LogP contribution in [0.1, 0.15) is 0 Å². The molecule has 126 valence electrons. The van der Waals surface area contributed by atoms with Gasteiger partial charge in [0.25, 0.3) is 0 Å². The Morgan fingerprint density at radius 3 is 2.80 bits per heavy atom. The number of nitrogens with one attached hydrogen (secondary N) is 2. The molecule has 0 spiro atoms. The van der Waals surface area contributed by atoms with Gasteiger partial charge in [-0.25, -0.2) is 9.97 Å². The Morgan fingerprint density at radius 2 is 2.04 bits per heavy atom. The van der Waals surface area contributed by atoms with E-state index in [4.69, 9.17) is 0 Å². The minimum atomic E-state index is -3.70. The quantitative estimate of drug-likeness (QED) is 0.399. The van der Waals surface area contributed by atoms with Crippen molar-refractivity contribution in [2.75, 3.05) is 10.4 Å². The molecule has 1 unspecified atom stereocenters. The zero-order valence-electron chi connectivity index (χ0n) is 13.0. The zero-order valence-corrected chi connectivity index (χ0v) is 15.5. The van der Waals surface area contributed by atoms with Crippen molar-refractivity contribution in [1.29, 1.82) is 0 Å². The monoisotopic (exact) mass is 416 g/mol. The fraction of sp³-hybridized carbons (Fsp3) is 0. The maximum atomic E-state index is 12.0. The molecule has 0 bridgehead atoms. The van der Waals surface area contributed by atoms with Gasteiger partial charge in [0.05, 0.1) is 11.3 Å². The molecule has 0 amide bonds. The third kappa shape index (κ3) is 4.35. The van der Waals surface area contributed by atoms with Crippen LogP contribution in [-0.2, 0) is 4.57 Å². The van der Waals surface area contributed by atoms with Crippen molar-refractivity contribution in [3.63, 3.8) is 0 Å². The summed E-state index contributed by atoms with van der Waals surface area (Å²) in [5.41, 5.74) is 4.36. The molecule has 0 radical (unpaired) electrons. The van der Waals surface area contributed by atoms with Gasteiger partial charge in [0.15, 0.2) is 0 Å². The number of hydrogen-bond donors (Lipinski definition) is 3. The summed E-state index contributed by atoms with van der Waals surface area (Å²) in [5.74, 6) is 1.61. The summed E-state index contributed by atoms with van der Waals surface area (Å²) >= 11 is 3.43. The standard InChI is InChI=1S/C17H14BrN4O2P/c1-2-8-25(23,24)22-14-6-7-16-15(10-14)17(20-11-19-16)21-13-5-3-4-12(18)9-13/h3-11H,1H2,(H,19,20,21)(H2,22,23,24). The number of hydrogen-bond acceptors (Lipinski definition) is 4. The highest BCUT2D eigenvalue weighted by atomic mass is 79.9. The van der Waals surface area contributed by atoms with Crippen molar-refractivity contribution >= 4 is 51.5 Å². The molecular formula is C17H14BrN4O2P. The number of rotatable bonds is 5. The molecule has 0 aliphatic rings. The van der Waals surface area contributed by atoms with E-state index in [2.05, 4.69) is 48.6 Å². The second kappa shape index (κ2) is 7.21. The van der Waals surface area contributed by atoms with Crippen molar-refractivity contribution in [1.82, 2.24) is 9.97 Å². The topological polar surface area (TPSA) is 87.1 Å². The fourth-order valence-corrected chi connectivity index (χ4v) is 3.49. The first kappa shape index (κ1) is 17.4. The van der Waals surface area contributed by atoms with Crippen LogP contribution in [0.3, 0.4) is 0 Å². The number of aromatic nitrogens is 2. The highest BCUT2D eigenvalue weighted by Crippen LogP contribution is 2.42. The predicted molar refractivity (Wildman–Crippen MR) is 104 cm³/mol. The minimum absolute atomic E-state index is 0.469. The molecule has 6 nitrogen and oxygen atoms in total. The van der Waals surface area contributed by atoms with Gasteiger partial charge in [-0.15, -0.1) is 5.73 Å². The first-order chi connectivity index (χ1) is 12.0. The van der Waals surface area contributed by atoms with E-state index in [0.29, 0.717) is 17.0 Å². The van der Waals surface area contributed by atoms with Crippen LogP contribution in [0, 0.1) is 0 Å². The molecule has 25 heavy (non-hydrogen) atoms. The normalized spacial score (nSPS) is 12.9. The van der Waals surface area contributed by atoms with Crippen LogP contribution in [0.4, 0.5) is 17.2 Å². The van der Waals surface area contributed by atoms with Gasteiger partial charge in [-0.1, -0.05) is 28.6 Å². The lowest BCUT2D eigenvalue weighted by Crippen LogP contribution is -1.98. The summed E-state index contributed by atoms with van der Waals surface area (Å²) in [6.45, 7) is 3.32. The number of halogens is 1. The molecule has 3 aromatic rings. The van der Waals surface area contributed by atoms with Crippen molar-refractivity contribution in [3.8, 4) is 0 Å². The summed E-state index contributed by atoms with van der Waals surface area (Å²) in [4.78, 5) is 18.3. The van der Waals surface area contributed by atoms with Crippen molar-refractivity contribution < 1.29 is 9.46 Å². The third-order valence-electron chi connectivity index (χ3n) is 3.28. The average molecular weight is 417 g/mol. The largest absolute Gasteiger partial charge is 0.340 e. The highest BCUT2D eigenvalue weighted by molar-refractivity contribution is 9.10. The van der Waals surface area contributed by atoms with E-state index in [0.717, 1.165) is 21.4 Å². The third-order valence-corrected chi connectivity index (χ3v) is 4.88. The SMILES string of the molecule is C=C=CP(=O)(O)Nc1ccc2ncnc(Nc3cccc(Br)c3)c2c1. The molecule has 0 aliphatic heterocycles.